The Morgan fingerprint density at radius 1 is 1.19 bits per heavy atom. The highest BCUT2D eigenvalue weighted by atomic mass is 19.4. The summed E-state index contributed by atoms with van der Waals surface area (Å²) in [6.07, 6.45) is -1.64. The topological polar surface area (TPSA) is 91.7 Å². The molecule has 26 heavy (non-hydrogen) atoms. The first kappa shape index (κ1) is 17.6. The molecule has 0 spiro atoms. The SMILES string of the molecule is Cc1ncc([N+](=O)[O-])n1CCn1cc(-c2ccc(C(F)(F)F)cc2)nn1. The average molecular weight is 366 g/mol. The molecule has 0 aliphatic heterocycles. The Kier molecular flexibility index (Phi) is 4.45. The maximum atomic E-state index is 12.6. The highest BCUT2D eigenvalue weighted by Crippen LogP contribution is 2.30. The second-order valence-electron chi connectivity index (χ2n) is 5.51. The van der Waals surface area contributed by atoms with Gasteiger partial charge in [-0.25, -0.2) is 14.2 Å². The van der Waals surface area contributed by atoms with E-state index in [1.807, 2.05) is 0 Å². The molecule has 0 saturated carbocycles. The molecular formula is C15H13F3N6O2. The number of hydrogen-bond donors (Lipinski definition) is 0. The standard InChI is InChI=1S/C15H13F3N6O2/c1-10-19-8-14(24(25)26)23(10)7-6-22-9-13(20-21-22)11-2-4-12(5-3-11)15(16,17)18/h2-5,8-9H,6-7H2,1H3. The molecule has 0 N–H and O–H groups in total. The number of imidazole rings is 1. The van der Waals surface area contributed by atoms with Gasteiger partial charge in [0.1, 0.15) is 18.4 Å². The van der Waals surface area contributed by atoms with E-state index in [2.05, 4.69) is 15.3 Å². The number of aryl methyl sites for hydroxylation is 2. The fourth-order valence-electron chi connectivity index (χ4n) is 2.45. The largest absolute Gasteiger partial charge is 0.416 e. The molecule has 0 saturated heterocycles. The van der Waals surface area contributed by atoms with Crippen LogP contribution >= 0.6 is 0 Å². The molecule has 1 aromatic carbocycles. The third kappa shape index (κ3) is 3.55. The highest BCUT2D eigenvalue weighted by molar-refractivity contribution is 5.58. The molecule has 2 aromatic heterocycles. The minimum atomic E-state index is -4.40. The summed E-state index contributed by atoms with van der Waals surface area (Å²) in [6.45, 7) is 2.21. The molecule has 0 aliphatic carbocycles. The number of halogens is 3. The number of alkyl halides is 3. The zero-order valence-corrected chi connectivity index (χ0v) is 13.5. The predicted octanol–water partition coefficient (Wildman–Crippen LogP) is 3.08. The Bertz CT molecular complexity index is 930. The number of nitro groups is 1. The van der Waals surface area contributed by atoms with E-state index in [0.29, 0.717) is 23.6 Å². The fourth-order valence-corrected chi connectivity index (χ4v) is 2.45. The van der Waals surface area contributed by atoms with Crippen molar-refractivity contribution < 1.29 is 18.1 Å². The molecule has 0 bridgehead atoms. The summed E-state index contributed by atoms with van der Waals surface area (Å²) in [6, 6.07) is 4.60. The normalized spacial score (nSPS) is 11.7. The second-order valence-corrected chi connectivity index (χ2v) is 5.51. The maximum absolute atomic E-state index is 12.6. The summed E-state index contributed by atoms with van der Waals surface area (Å²) in [4.78, 5) is 14.4. The van der Waals surface area contributed by atoms with Gasteiger partial charge in [-0.05, 0) is 17.1 Å². The minimum absolute atomic E-state index is 0.120. The van der Waals surface area contributed by atoms with Crippen molar-refractivity contribution in [1.82, 2.24) is 24.5 Å². The first-order valence-electron chi connectivity index (χ1n) is 7.50. The fraction of sp³-hybridized carbons (Fsp3) is 0.267. The van der Waals surface area contributed by atoms with Gasteiger partial charge in [0.2, 0.25) is 0 Å². The van der Waals surface area contributed by atoms with E-state index >= 15 is 0 Å². The molecule has 3 aromatic rings. The molecule has 0 aliphatic rings. The highest BCUT2D eigenvalue weighted by Gasteiger charge is 2.30. The van der Waals surface area contributed by atoms with Gasteiger partial charge < -0.3 is 10.1 Å². The average Bonchev–Trinajstić information content (AvgIpc) is 3.19. The van der Waals surface area contributed by atoms with E-state index in [9.17, 15) is 23.3 Å². The first-order chi connectivity index (χ1) is 12.3. The van der Waals surface area contributed by atoms with Gasteiger partial charge in [0.25, 0.3) is 0 Å². The Morgan fingerprint density at radius 3 is 2.50 bits per heavy atom. The summed E-state index contributed by atoms with van der Waals surface area (Å²) in [5, 5.41) is 18.8. The Morgan fingerprint density at radius 2 is 1.88 bits per heavy atom. The third-order valence-electron chi connectivity index (χ3n) is 3.82. The van der Waals surface area contributed by atoms with Gasteiger partial charge in [0, 0.05) is 12.5 Å². The molecule has 0 amide bonds. The number of benzene rings is 1. The molecule has 8 nitrogen and oxygen atoms in total. The van der Waals surface area contributed by atoms with Gasteiger partial charge in [0.05, 0.1) is 18.3 Å². The predicted molar refractivity (Wildman–Crippen MR) is 84.1 cm³/mol. The van der Waals surface area contributed by atoms with Crippen molar-refractivity contribution in [1.29, 1.82) is 0 Å². The summed E-state index contributed by atoms with van der Waals surface area (Å²) >= 11 is 0. The van der Waals surface area contributed by atoms with Crippen molar-refractivity contribution >= 4 is 5.82 Å². The third-order valence-corrected chi connectivity index (χ3v) is 3.82. The van der Waals surface area contributed by atoms with Crippen LogP contribution in [0.15, 0.2) is 36.7 Å². The molecule has 0 unspecified atom stereocenters. The summed E-state index contributed by atoms with van der Waals surface area (Å²) in [5.74, 6) is 0.380. The van der Waals surface area contributed by atoms with Gasteiger partial charge >= 0.3 is 12.0 Å². The van der Waals surface area contributed by atoms with E-state index in [-0.39, 0.29) is 12.4 Å². The number of hydrogen-bond acceptors (Lipinski definition) is 5. The molecule has 0 fully saturated rings. The summed E-state index contributed by atoms with van der Waals surface area (Å²) in [7, 11) is 0. The molecule has 136 valence electrons. The van der Waals surface area contributed by atoms with Crippen LogP contribution in [0, 0.1) is 17.0 Å². The number of aromatic nitrogens is 5. The van der Waals surface area contributed by atoms with E-state index in [0.717, 1.165) is 12.1 Å². The van der Waals surface area contributed by atoms with Crippen molar-refractivity contribution in [2.75, 3.05) is 0 Å². The van der Waals surface area contributed by atoms with Crippen LogP contribution in [0.3, 0.4) is 0 Å². The smallest absolute Gasteiger partial charge is 0.358 e. The molecule has 0 radical (unpaired) electrons. The lowest BCUT2D eigenvalue weighted by molar-refractivity contribution is -0.392. The van der Waals surface area contributed by atoms with Crippen molar-refractivity contribution in [3.05, 3.63) is 58.2 Å². The van der Waals surface area contributed by atoms with E-state index < -0.39 is 16.7 Å². The van der Waals surface area contributed by atoms with Crippen molar-refractivity contribution in [2.24, 2.45) is 0 Å². The summed E-state index contributed by atoms with van der Waals surface area (Å²) in [5.41, 5.74) is 0.168. The van der Waals surface area contributed by atoms with E-state index in [4.69, 9.17) is 0 Å². The lowest BCUT2D eigenvalue weighted by Crippen LogP contribution is -2.11. The van der Waals surface area contributed by atoms with E-state index in [1.165, 1.54) is 27.6 Å². The second kappa shape index (κ2) is 6.58. The molecule has 11 heteroatoms. The zero-order chi connectivity index (χ0) is 18.9. The Balaban J connectivity index is 1.73. The van der Waals surface area contributed by atoms with Gasteiger partial charge in [-0.1, -0.05) is 17.3 Å². The Hall–Kier alpha value is -3.24. The zero-order valence-electron chi connectivity index (χ0n) is 13.5. The first-order valence-corrected chi connectivity index (χ1v) is 7.50. The number of rotatable bonds is 5. The van der Waals surface area contributed by atoms with Crippen molar-refractivity contribution in [3.63, 3.8) is 0 Å². The van der Waals surface area contributed by atoms with Crippen LogP contribution in [0.5, 0.6) is 0 Å². The van der Waals surface area contributed by atoms with E-state index in [1.54, 1.807) is 13.1 Å². The van der Waals surface area contributed by atoms with Crippen molar-refractivity contribution in [3.8, 4) is 11.3 Å². The summed E-state index contributed by atoms with van der Waals surface area (Å²) < 4.78 is 40.7. The molecule has 2 heterocycles. The van der Waals surface area contributed by atoms with Crippen LogP contribution in [0.1, 0.15) is 11.4 Å². The van der Waals surface area contributed by atoms with Crippen molar-refractivity contribution in [2.45, 2.75) is 26.2 Å². The number of nitrogens with zero attached hydrogens (tertiary/aromatic N) is 6. The molecule has 3 rings (SSSR count). The molecular weight excluding hydrogens is 353 g/mol. The van der Waals surface area contributed by atoms with Crippen LogP contribution in [-0.4, -0.2) is 29.5 Å². The Labute approximate surface area is 145 Å². The lowest BCUT2D eigenvalue weighted by Gasteiger charge is -2.06. The van der Waals surface area contributed by atoms with Gasteiger partial charge in [-0.3, -0.25) is 0 Å². The van der Waals surface area contributed by atoms with Crippen LogP contribution in [0.25, 0.3) is 11.3 Å². The van der Waals surface area contributed by atoms with Gasteiger partial charge in [-0.15, -0.1) is 5.10 Å². The quantitative estimate of drug-likeness (QED) is 0.511. The van der Waals surface area contributed by atoms with Gasteiger partial charge in [0.15, 0.2) is 5.82 Å². The van der Waals surface area contributed by atoms with Crippen LogP contribution in [0.4, 0.5) is 19.0 Å². The van der Waals surface area contributed by atoms with Crippen LogP contribution < -0.4 is 0 Å². The van der Waals surface area contributed by atoms with Gasteiger partial charge in [-0.2, -0.15) is 13.2 Å². The lowest BCUT2D eigenvalue weighted by atomic mass is 10.1. The minimum Gasteiger partial charge on any atom is -0.358 e. The monoisotopic (exact) mass is 366 g/mol. The molecule has 0 atom stereocenters. The van der Waals surface area contributed by atoms with Crippen LogP contribution in [-0.2, 0) is 19.3 Å². The maximum Gasteiger partial charge on any atom is 0.416 e. The van der Waals surface area contributed by atoms with Crippen LogP contribution in [0.2, 0.25) is 0 Å².